The SMILES string of the molecule is [N-]=[N+]=NCCCc1ccc(C(=O)O)cc1. The molecule has 15 heavy (non-hydrogen) atoms. The van der Waals surface area contributed by atoms with E-state index in [-0.39, 0.29) is 5.56 Å². The smallest absolute Gasteiger partial charge is 0.335 e. The lowest BCUT2D eigenvalue weighted by atomic mass is 10.1. The lowest BCUT2D eigenvalue weighted by molar-refractivity contribution is 0.0697. The van der Waals surface area contributed by atoms with Crippen LogP contribution in [0, 0.1) is 0 Å². The van der Waals surface area contributed by atoms with Gasteiger partial charge < -0.3 is 5.11 Å². The summed E-state index contributed by atoms with van der Waals surface area (Å²) in [4.78, 5) is 13.2. The summed E-state index contributed by atoms with van der Waals surface area (Å²) in [6.45, 7) is 0.469. The number of benzene rings is 1. The van der Waals surface area contributed by atoms with Crippen LogP contribution in [0.2, 0.25) is 0 Å². The van der Waals surface area contributed by atoms with E-state index < -0.39 is 5.97 Å². The van der Waals surface area contributed by atoms with Gasteiger partial charge in [0.1, 0.15) is 0 Å². The van der Waals surface area contributed by atoms with E-state index in [4.69, 9.17) is 10.6 Å². The first-order valence-electron chi connectivity index (χ1n) is 4.57. The molecule has 0 saturated heterocycles. The highest BCUT2D eigenvalue weighted by Crippen LogP contribution is 2.06. The van der Waals surface area contributed by atoms with E-state index in [1.165, 1.54) is 0 Å². The molecule has 0 aliphatic heterocycles. The molecular formula is C10H11N3O2. The molecule has 0 amide bonds. The van der Waals surface area contributed by atoms with Crippen molar-refractivity contribution in [3.63, 3.8) is 0 Å². The van der Waals surface area contributed by atoms with Crippen molar-refractivity contribution >= 4 is 5.97 Å². The fourth-order valence-corrected chi connectivity index (χ4v) is 1.21. The predicted octanol–water partition coefficient (Wildman–Crippen LogP) is 2.63. The normalized spacial score (nSPS) is 9.33. The first-order chi connectivity index (χ1) is 7.24. The predicted molar refractivity (Wildman–Crippen MR) is 55.7 cm³/mol. The number of azide groups is 1. The molecule has 0 aliphatic carbocycles. The molecule has 5 heteroatoms. The third kappa shape index (κ3) is 3.70. The van der Waals surface area contributed by atoms with Crippen molar-refractivity contribution in [3.05, 3.63) is 45.8 Å². The van der Waals surface area contributed by atoms with Crippen molar-refractivity contribution in [2.45, 2.75) is 12.8 Å². The number of hydrogen-bond donors (Lipinski definition) is 1. The van der Waals surface area contributed by atoms with Crippen LogP contribution < -0.4 is 0 Å². The molecule has 0 fully saturated rings. The van der Waals surface area contributed by atoms with Gasteiger partial charge in [-0.25, -0.2) is 4.79 Å². The van der Waals surface area contributed by atoms with Crippen LogP contribution in [0.15, 0.2) is 29.4 Å². The van der Waals surface area contributed by atoms with Crippen LogP contribution in [-0.4, -0.2) is 17.6 Å². The maximum Gasteiger partial charge on any atom is 0.335 e. The van der Waals surface area contributed by atoms with Crippen LogP contribution in [0.1, 0.15) is 22.3 Å². The second kappa shape index (κ2) is 5.67. The molecular weight excluding hydrogens is 194 g/mol. The van der Waals surface area contributed by atoms with E-state index in [9.17, 15) is 4.79 Å². The summed E-state index contributed by atoms with van der Waals surface area (Å²) in [5.74, 6) is -0.921. The Morgan fingerprint density at radius 1 is 1.40 bits per heavy atom. The summed E-state index contributed by atoms with van der Waals surface area (Å²) >= 11 is 0. The highest BCUT2D eigenvalue weighted by atomic mass is 16.4. The van der Waals surface area contributed by atoms with E-state index in [2.05, 4.69) is 10.0 Å². The number of carboxylic acid groups (broad SMARTS) is 1. The Hall–Kier alpha value is -2.00. The standard InChI is InChI=1S/C10H11N3O2/c11-13-12-7-1-2-8-3-5-9(6-4-8)10(14)15/h3-6H,1-2,7H2,(H,14,15). The maximum atomic E-state index is 10.6. The number of hydrogen-bond acceptors (Lipinski definition) is 2. The van der Waals surface area contributed by atoms with Gasteiger partial charge in [-0.05, 0) is 36.1 Å². The van der Waals surface area contributed by atoms with E-state index >= 15 is 0 Å². The zero-order chi connectivity index (χ0) is 11.1. The van der Waals surface area contributed by atoms with Crippen LogP contribution in [0.25, 0.3) is 10.4 Å². The lowest BCUT2D eigenvalue weighted by Gasteiger charge is -1.99. The van der Waals surface area contributed by atoms with Gasteiger partial charge in [0, 0.05) is 11.5 Å². The lowest BCUT2D eigenvalue weighted by Crippen LogP contribution is -1.96. The Labute approximate surface area is 87.0 Å². The minimum Gasteiger partial charge on any atom is -0.478 e. The van der Waals surface area contributed by atoms with E-state index in [1.54, 1.807) is 24.3 Å². The molecule has 78 valence electrons. The van der Waals surface area contributed by atoms with Crippen LogP contribution in [0.4, 0.5) is 0 Å². The summed E-state index contributed by atoms with van der Waals surface area (Å²) in [6.07, 6.45) is 1.56. The van der Waals surface area contributed by atoms with Crippen molar-refractivity contribution in [2.24, 2.45) is 5.11 Å². The zero-order valence-corrected chi connectivity index (χ0v) is 8.13. The second-order valence-corrected chi connectivity index (χ2v) is 3.06. The van der Waals surface area contributed by atoms with Gasteiger partial charge in [0.05, 0.1) is 5.56 Å². The molecule has 0 aliphatic rings. The van der Waals surface area contributed by atoms with E-state index in [0.717, 1.165) is 18.4 Å². The molecule has 1 rings (SSSR count). The number of carboxylic acids is 1. The number of aromatic carboxylic acids is 1. The first kappa shape index (κ1) is 11.1. The largest absolute Gasteiger partial charge is 0.478 e. The molecule has 0 heterocycles. The highest BCUT2D eigenvalue weighted by Gasteiger charge is 2.00. The molecule has 1 aromatic rings. The zero-order valence-electron chi connectivity index (χ0n) is 8.13. The average molecular weight is 205 g/mol. The molecule has 0 spiro atoms. The molecule has 5 nitrogen and oxygen atoms in total. The van der Waals surface area contributed by atoms with Crippen LogP contribution in [-0.2, 0) is 6.42 Å². The van der Waals surface area contributed by atoms with E-state index in [1.807, 2.05) is 0 Å². The Morgan fingerprint density at radius 2 is 2.07 bits per heavy atom. The van der Waals surface area contributed by atoms with Gasteiger partial charge in [-0.15, -0.1) is 0 Å². The van der Waals surface area contributed by atoms with Crippen LogP contribution >= 0.6 is 0 Å². The average Bonchev–Trinajstić information content (AvgIpc) is 2.25. The van der Waals surface area contributed by atoms with Gasteiger partial charge >= 0.3 is 5.97 Å². The summed E-state index contributed by atoms with van der Waals surface area (Å²) in [6, 6.07) is 6.70. The number of aryl methyl sites for hydroxylation is 1. The molecule has 1 aromatic carbocycles. The topological polar surface area (TPSA) is 86.1 Å². The molecule has 1 N–H and O–H groups in total. The molecule has 0 bridgehead atoms. The molecule has 0 unspecified atom stereocenters. The molecule has 0 saturated carbocycles. The summed E-state index contributed by atoms with van der Waals surface area (Å²) < 4.78 is 0. The summed E-state index contributed by atoms with van der Waals surface area (Å²) in [7, 11) is 0. The Kier molecular flexibility index (Phi) is 4.19. The van der Waals surface area contributed by atoms with Gasteiger partial charge in [-0.2, -0.15) is 0 Å². The second-order valence-electron chi connectivity index (χ2n) is 3.06. The van der Waals surface area contributed by atoms with Gasteiger partial charge in [-0.3, -0.25) is 0 Å². The Morgan fingerprint density at radius 3 is 2.60 bits per heavy atom. The van der Waals surface area contributed by atoms with Crippen LogP contribution in [0.5, 0.6) is 0 Å². The van der Waals surface area contributed by atoms with Crippen molar-refractivity contribution < 1.29 is 9.90 Å². The third-order valence-corrected chi connectivity index (χ3v) is 1.99. The van der Waals surface area contributed by atoms with Gasteiger partial charge in [-0.1, -0.05) is 17.2 Å². The fourth-order valence-electron chi connectivity index (χ4n) is 1.21. The highest BCUT2D eigenvalue weighted by molar-refractivity contribution is 5.87. The van der Waals surface area contributed by atoms with Crippen molar-refractivity contribution in [2.75, 3.05) is 6.54 Å². The van der Waals surface area contributed by atoms with Gasteiger partial charge in [0.15, 0.2) is 0 Å². The first-order valence-corrected chi connectivity index (χ1v) is 4.57. The molecule has 0 aromatic heterocycles. The fraction of sp³-hybridized carbons (Fsp3) is 0.300. The minimum atomic E-state index is -0.921. The summed E-state index contributed by atoms with van der Waals surface area (Å²) in [5.41, 5.74) is 9.39. The quantitative estimate of drug-likeness (QED) is 0.346. The Bertz CT molecular complexity index is 380. The van der Waals surface area contributed by atoms with Gasteiger partial charge in [0.25, 0.3) is 0 Å². The van der Waals surface area contributed by atoms with Crippen molar-refractivity contribution in [3.8, 4) is 0 Å². The number of carbonyl (C=O) groups is 1. The Balaban J connectivity index is 2.49. The molecule has 0 atom stereocenters. The third-order valence-electron chi connectivity index (χ3n) is 1.99. The maximum absolute atomic E-state index is 10.6. The van der Waals surface area contributed by atoms with Gasteiger partial charge in [0.2, 0.25) is 0 Å². The monoisotopic (exact) mass is 205 g/mol. The molecule has 0 radical (unpaired) electrons. The summed E-state index contributed by atoms with van der Waals surface area (Å²) in [5, 5.41) is 12.1. The number of rotatable bonds is 5. The van der Waals surface area contributed by atoms with Crippen LogP contribution in [0.3, 0.4) is 0 Å². The number of nitrogens with zero attached hydrogens (tertiary/aromatic N) is 3. The van der Waals surface area contributed by atoms with Crippen molar-refractivity contribution in [1.82, 2.24) is 0 Å². The van der Waals surface area contributed by atoms with E-state index in [0.29, 0.717) is 6.54 Å². The van der Waals surface area contributed by atoms with Crippen molar-refractivity contribution in [1.29, 1.82) is 0 Å². The minimum absolute atomic E-state index is 0.286.